The summed E-state index contributed by atoms with van der Waals surface area (Å²) in [5, 5.41) is 31.4. The summed E-state index contributed by atoms with van der Waals surface area (Å²) in [6, 6.07) is 1.24. The highest BCUT2D eigenvalue weighted by molar-refractivity contribution is 7.61. The third-order valence-electron chi connectivity index (χ3n) is 13.5. The number of allylic oxidation sites excluding steroid dienone is 11. The molecule has 0 saturated carbocycles. The van der Waals surface area contributed by atoms with E-state index in [9.17, 15) is 48.6 Å². The molecule has 1 fully saturated rings. The van der Waals surface area contributed by atoms with Crippen molar-refractivity contribution in [1.29, 1.82) is 0 Å². The lowest BCUT2D eigenvalue weighted by Crippen LogP contribution is -2.36. The van der Waals surface area contributed by atoms with Gasteiger partial charge in [0, 0.05) is 19.0 Å². The number of aliphatic hydroxyl groups is 3. The van der Waals surface area contributed by atoms with Crippen LogP contribution in [0.4, 0.5) is 5.82 Å². The third kappa shape index (κ3) is 36.6. The maximum atomic E-state index is 13.0. The lowest BCUT2D eigenvalue weighted by atomic mass is 9.99. The molecule has 9 atom stereocenters. The van der Waals surface area contributed by atoms with Gasteiger partial charge in [-0.1, -0.05) is 216 Å². The van der Waals surface area contributed by atoms with Crippen molar-refractivity contribution in [1.82, 2.24) is 9.55 Å². The van der Waals surface area contributed by atoms with Crippen LogP contribution in [0.2, 0.25) is 0 Å². The van der Waals surface area contributed by atoms with Crippen LogP contribution in [0.3, 0.4) is 0 Å². The average Bonchev–Trinajstić information content (AvgIpc) is 3.70. The molecule has 1 aliphatic heterocycles. The van der Waals surface area contributed by atoms with Crippen LogP contribution < -0.4 is 11.4 Å². The molecule has 0 radical (unpaired) electrons. The van der Waals surface area contributed by atoms with Crippen molar-refractivity contribution in [2.75, 3.05) is 25.6 Å². The number of anilines is 1. The fourth-order valence-corrected chi connectivity index (χ4v) is 10.6. The van der Waals surface area contributed by atoms with Crippen LogP contribution in [-0.2, 0) is 46.3 Å². The number of carbonyl (C=O) groups excluding carboxylic acids is 2. The van der Waals surface area contributed by atoms with Gasteiger partial charge in [0.15, 0.2) is 12.3 Å². The molecule has 80 heavy (non-hydrogen) atoms. The Morgan fingerprint density at radius 1 is 0.688 bits per heavy atom. The molecule has 1 saturated heterocycles. The van der Waals surface area contributed by atoms with Crippen molar-refractivity contribution < 1.29 is 71.4 Å². The van der Waals surface area contributed by atoms with Crippen LogP contribution in [0, 0.1) is 5.92 Å². The number of nitrogens with two attached hydrogens (primary N) is 1. The molecule has 19 nitrogen and oxygen atoms in total. The molecule has 2 rings (SSSR count). The topological polar surface area (TPSA) is 286 Å². The van der Waals surface area contributed by atoms with Gasteiger partial charge in [-0.2, -0.15) is 9.29 Å². The molecule has 0 bridgehead atoms. The second-order valence-corrected chi connectivity index (χ2v) is 23.6. The molecule has 456 valence electrons. The first-order chi connectivity index (χ1) is 38.5. The van der Waals surface area contributed by atoms with Crippen LogP contribution in [0.15, 0.2) is 90.0 Å². The summed E-state index contributed by atoms with van der Waals surface area (Å²) in [5.74, 6) is -0.723. The number of aliphatic hydroxyl groups excluding tert-OH is 3. The number of hydrogen-bond donors (Lipinski definition) is 6. The zero-order chi connectivity index (χ0) is 58.7. The molecule has 1 aromatic heterocycles. The van der Waals surface area contributed by atoms with Crippen LogP contribution in [-0.4, -0.2) is 96.9 Å². The highest BCUT2D eigenvalue weighted by Crippen LogP contribution is 2.60. The van der Waals surface area contributed by atoms with Gasteiger partial charge in [-0.15, -0.1) is 0 Å². The molecule has 7 N–H and O–H groups in total. The number of phosphoric ester groups is 2. The second-order valence-electron chi connectivity index (χ2n) is 20.6. The van der Waals surface area contributed by atoms with E-state index in [0.717, 1.165) is 68.0 Å². The zero-order valence-electron chi connectivity index (χ0n) is 48.1. The summed E-state index contributed by atoms with van der Waals surface area (Å²) in [7, 11) is -11.0. The number of rotatable bonds is 48. The molecule has 0 aromatic carbocycles. The number of unbranched alkanes of at least 4 members (excludes halogenated alkanes) is 17. The monoisotopic (exact) mass is 1170 g/mol. The Kier molecular flexibility index (Phi) is 40.4. The minimum atomic E-state index is -5.48. The lowest BCUT2D eigenvalue weighted by Gasteiger charge is -2.21. The fraction of sp³-hybridized carbons (Fsp3) is 0.695. The number of nitrogen functional groups attached to an aromatic ring is 1. The summed E-state index contributed by atoms with van der Waals surface area (Å²) >= 11 is 0. The van der Waals surface area contributed by atoms with E-state index in [-0.39, 0.29) is 25.1 Å². The molecule has 21 heteroatoms. The minimum absolute atomic E-state index is 0.000334. The summed E-state index contributed by atoms with van der Waals surface area (Å²) in [6.45, 7) is 4.21. The number of ether oxygens (including phenoxy) is 3. The van der Waals surface area contributed by atoms with E-state index < -0.39 is 89.8 Å². The first-order valence-electron chi connectivity index (χ1n) is 29.5. The number of carbonyl (C=O) groups is 2. The van der Waals surface area contributed by atoms with Crippen molar-refractivity contribution in [2.24, 2.45) is 5.92 Å². The van der Waals surface area contributed by atoms with Gasteiger partial charge < -0.3 is 45.1 Å². The zero-order valence-corrected chi connectivity index (χ0v) is 49.9. The fourth-order valence-electron chi connectivity index (χ4n) is 8.52. The van der Waals surface area contributed by atoms with Gasteiger partial charge in [0.25, 0.3) is 0 Å². The van der Waals surface area contributed by atoms with E-state index in [1.807, 2.05) is 12.2 Å². The Labute approximate surface area is 477 Å². The number of esters is 2. The van der Waals surface area contributed by atoms with Crippen LogP contribution in [0.25, 0.3) is 0 Å². The molecule has 2 heterocycles. The number of hydrogen-bond acceptors (Lipinski definition) is 16. The normalized spacial score (nSPS) is 19.7. The molecular weight excluding hydrogens is 1070 g/mol. The first kappa shape index (κ1) is 72.3. The molecule has 1 aromatic rings. The standard InChI is InChI=1S/C59H99N3O16P2/c1-4-6-7-8-9-10-11-12-13-19-22-25-28-31-34-37-40-50(63)42-43-54(64)73-46-51(76-55(65)41-38-35-32-29-26-23-20-17-15-14-16-18-21-24-27-30-33-36-39-49(3)5-2)47-74-79(69,70)78-80(71,72)75-48-52-56(66)57(67)58(77-52)62-45-44-53(60)61-59(62)68/h6-7,9-10,12-13,22,25,31,34,37,40,44-45,49-52,56-58,63,66-67H,4-5,8,11,14-21,23-24,26-30,32-33,35-36,38-39,41-43,46-48H2,1-3H3,(H,69,70)(H,71,72)(H2,60,61,68)/b7-6-,10-9-,13-12-,25-22-,34-31-,40-37-/t49?,50?,51-,52-,56-,57-,58-/m1/s1. The maximum Gasteiger partial charge on any atom is 0.481 e. The Morgan fingerprint density at radius 3 is 1.74 bits per heavy atom. The van der Waals surface area contributed by atoms with E-state index in [2.05, 4.69) is 72.6 Å². The lowest BCUT2D eigenvalue weighted by molar-refractivity contribution is -0.161. The van der Waals surface area contributed by atoms with Crippen molar-refractivity contribution in [3.05, 3.63) is 95.7 Å². The minimum Gasteiger partial charge on any atom is -0.462 e. The quantitative estimate of drug-likeness (QED) is 0.0116. The molecule has 0 amide bonds. The summed E-state index contributed by atoms with van der Waals surface area (Å²) in [5.41, 5.74) is 4.58. The Balaban J connectivity index is 1.80. The van der Waals surface area contributed by atoms with Crippen molar-refractivity contribution in [3.63, 3.8) is 0 Å². The second kappa shape index (κ2) is 44.7. The molecule has 0 spiro atoms. The number of nitrogens with zero attached hydrogens (tertiary/aromatic N) is 2. The molecule has 1 aliphatic rings. The van der Waals surface area contributed by atoms with Gasteiger partial charge in [-0.05, 0) is 56.9 Å². The van der Waals surface area contributed by atoms with Crippen molar-refractivity contribution in [2.45, 2.75) is 237 Å². The molecule has 0 aliphatic carbocycles. The number of phosphoric acid groups is 2. The predicted octanol–water partition coefficient (Wildman–Crippen LogP) is 12.4. The van der Waals surface area contributed by atoms with E-state index in [1.54, 1.807) is 12.2 Å². The van der Waals surface area contributed by atoms with Crippen molar-refractivity contribution >= 4 is 33.4 Å². The van der Waals surface area contributed by atoms with Gasteiger partial charge in [-0.3, -0.25) is 23.2 Å². The van der Waals surface area contributed by atoms with Gasteiger partial charge in [0.05, 0.1) is 19.3 Å². The van der Waals surface area contributed by atoms with Gasteiger partial charge >= 0.3 is 33.3 Å². The summed E-state index contributed by atoms with van der Waals surface area (Å²) < 4.78 is 56.8. The largest absolute Gasteiger partial charge is 0.481 e. The smallest absolute Gasteiger partial charge is 0.462 e. The molecule has 4 unspecified atom stereocenters. The third-order valence-corrected chi connectivity index (χ3v) is 16.1. The van der Waals surface area contributed by atoms with Gasteiger partial charge in [0.2, 0.25) is 0 Å². The molecular formula is C59H99N3O16P2. The summed E-state index contributed by atoms with van der Waals surface area (Å²) in [6.07, 6.45) is 44.3. The maximum absolute atomic E-state index is 13.0. The Hall–Kier alpha value is -3.84. The highest BCUT2D eigenvalue weighted by atomic mass is 31.3. The van der Waals surface area contributed by atoms with E-state index in [4.69, 9.17) is 29.0 Å². The average molecular weight is 1170 g/mol. The van der Waals surface area contributed by atoms with E-state index >= 15 is 0 Å². The Morgan fingerprint density at radius 2 is 1.20 bits per heavy atom. The van der Waals surface area contributed by atoms with Gasteiger partial charge in [-0.25, -0.2) is 13.9 Å². The van der Waals surface area contributed by atoms with Gasteiger partial charge in [0.1, 0.15) is 30.7 Å². The van der Waals surface area contributed by atoms with E-state index in [1.165, 1.54) is 108 Å². The summed E-state index contributed by atoms with van der Waals surface area (Å²) in [4.78, 5) is 62.2. The van der Waals surface area contributed by atoms with Crippen LogP contribution >= 0.6 is 15.6 Å². The predicted molar refractivity (Wildman–Crippen MR) is 313 cm³/mol. The SMILES string of the molecule is CC/C=C\C/C=C\C/C=C\C/C=C\C/C=C\C=C/C(O)CCC(=O)OC[C@H](COP(=O)(O)OP(=O)(O)OC[C@H]1O[C@@H](n2ccc(N)nc2=O)[C@H](O)[C@@H]1O)OC(=O)CCCCCCCCCCCCCCCCCCCCC(C)CC. The number of aromatic nitrogens is 2. The Bertz CT molecular complexity index is 2170. The van der Waals surface area contributed by atoms with Crippen molar-refractivity contribution in [3.8, 4) is 0 Å². The van der Waals surface area contributed by atoms with Crippen LogP contribution in [0.1, 0.15) is 207 Å². The first-order valence-corrected chi connectivity index (χ1v) is 32.4. The highest BCUT2D eigenvalue weighted by Gasteiger charge is 2.46. The van der Waals surface area contributed by atoms with Crippen LogP contribution in [0.5, 0.6) is 0 Å². The van der Waals surface area contributed by atoms with E-state index in [0.29, 0.717) is 12.8 Å².